The number of hydrogen-bond acceptors (Lipinski definition) is 6. The number of hydrogen-bond donors (Lipinski definition) is 2. The first-order chi connectivity index (χ1) is 16.5. The largest absolute Gasteiger partial charge is 0.463 e. The molecule has 1 aromatic carbocycles. The molecule has 1 spiro atoms. The van der Waals surface area contributed by atoms with E-state index in [2.05, 4.69) is 48.3 Å². The number of aryl methyl sites for hydroxylation is 1. The number of rotatable bonds is 6. The second-order valence-corrected chi connectivity index (χ2v) is 10.2. The summed E-state index contributed by atoms with van der Waals surface area (Å²) in [5.41, 5.74) is 6.66. The van der Waals surface area contributed by atoms with Gasteiger partial charge in [-0.05, 0) is 84.9 Å². The lowest BCUT2D eigenvalue weighted by molar-refractivity contribution is -0.139. The van der Waals surface area contributed by atoms with Gasteiger partial charge in [0.25, 0.3) is 11.8 Å². The summed E-state index contributed by atoms with van der Waals surface area (Å²) in [7, 11) is 0. The number of carbonyl (C=O) groups is 2. The number of nitrogens with zero attached hydrogens (tertiary/aromatic N) is 3. The van der Waals surface area contributed by atoms with E-state index in [1.807, 2.05) is 12.1 Å². The Morgan fingerprint density at radius 3 is 2.43 bits per heavy atom. The lowest BCUT2D eigenvalue weighted by Crippen LogP contribution is -2.43. The van der Waals surface area contributed by atoms with Crippen molar-refractivity contribution in [3.05, 3.63) is 44.8 Å². The summed E-state index contributed by atoms with van der Waals surface area (Å²) in [4.78, 5) is 35.5. The number of benzene rings is 1. The Balaban J connectivity index is 1.39. The highest BCUT2D eigenvalue weighted by molar-refractivity contribution is 14.1. The first-order valence-electron chi connectivity index (χ1n) is 11.2. The van der Waals surface area contributed by atoms with E-state index in [4.69, 9.17) is 4.74 Å². The summed E-state index contributed by atoms with van der Waals surface area (Å²) < 4.78 is 43.0. The molecule has 188 valence electrons. The van der Waals surface area contributed by atoms with Crippen LogP contribution >= 0.6 is 22.6 Å². The van der Waals surface area contributed by atoms with Crippen molar-refractivity contribution in [2.24, 2.45) is 5.41 Å². The SMILES string of the molecule is Cc1cc(C(=O)NNC(=O)c2ccc(I)cc2N2CCC3(CC2)CC3)nc(OCCC(F)(F)F)n1. The second kappa shape index (κ2) is 10.2. The van der Waals surface area contributed by atoms with E-state index in [0.717, 1.165) is 35.2 Å². The van der Waals surface area contributed by atoms with Crippen LogP contribution < -0.4 is 20.5 Å². The van der Waals surface area contributed by atoms with Crippen molar-refractivity contribution < 1.29 is 27.5 Å². The van der Waals surface area contributed by atoms with Gasteiger partial charge in [-0.1, -0.05) is 0 Å². The molecule has 2 aliphatic rings. The van der Waals surface area contributed by atoms with Crippen LogP contribution in [0.15, 0.2) is 24.3 Å². The van der Waals surface area contributed by atoms with E-state index in [-0.39, 0.29) is 11.7 Å². The Bertz CT molecular complexity index is 1110. The molecule has 1 saturated heterocycles. The quantitative estimate of drug-likeness (QED) is 0.380. The lowest BCUT2D eigenvalue weighted by Gasteiger charge is -2.35. The monoisotopic (exact) mass is 603 g/mol. The Morgan fingerprint density at radius 1 is 1.09 bits per heavy atom. The van der Waals surface area contributed by atoms with Gasteiger partial charge in [-0.15, -0.1) is 0 Å². The fourth-order valence-corrected chi connectivity index (χ4v) is 4.56. The highest BCUT2D eigenvalue weighted by Gasteiger charge is 2.44. The number of aromatic nitrogens is 2. The third kappa shape index (κ3) is 6.73. The number of halogens is 4. The van der Waals surface area contributed by atoms with Crippen LogP contribution in [0.25, 0.3) is 0 Å². The smallest absolute Gasteiger partial charge is 0.392 e. The first kappa shape index (κ1) is 25.5. The lowest BCUT2D eigenvalue weighted by atomic mass is 9.93. The van der Waals surface area contributed by atoms with Crippen molar-refractivity contribution in [2.75, 3.05) is 24.6 Å². The van der Waals surface area contributed by atoms with Crippen LogP contribution in [0.4, 0.5) is 18.9 Å². The van der Waals surface area contributed by atoms with E-state index < -0.39 is 31.0 Å². The van der Waals surface area contributed by atoms with Crippen molar-refractivity contribution in [2.45, 2.75) is 45.2 Å². The average molecular weight is 603 g/mol. The number of anilines is 1. The number of piperidine rings is 1. The van der Waals surface area contributed by atoms with Gasteiger partial charge in [0, 0.05) is 22.4 Å². The maximum atomic E-state index is 12.9. The number of amides is 2. The van der Waals surface area contributed by atoms with Crippen molar-refractivity contribution in [1.82, 2.24) is 20.8 Å². The normalized spacial score (nSPS) is 16.7. The first-order valence-corrected chi connectivity index (χ1v) is 12.3. The fourth-order valence-electron chi connectivity index (χ4n) is 4.08. The molecule has 1 saturated carbocycles. The Morgan fingerprint density at radius 2 is 1.77 bits per heavy atom. The van der Waals surface area contributed by atoms with E-state index >= 15 is 0 Å². The van der Waals surface area contributed by atoms with E-state index in [0.29, 0.717) is 16.7 Å². The number of alkyl halides is 3. The molecule has 0 unspecified atom stereocenters. The highest BCUT2D eigenvalue weighted by atomic mass is 127. The van der Waals surface area contributed by atoms with Gasteiger partial charge in [0.05, 0.1) is 17.7 Å². The van der Waals surface area contributed by atoms with Gasteiger partial charge >= 0.3 is 12.2 Å². The molecule has 1 aliphatic heterocycles. The van der Waals surface area contributed by atoms with Gasteiger partial charge < -0.3 is 9.64 Å². The zero-order chi connectivity index (χ0) is 25.2. The maximum absolute atomic E-state index is 12.9. The zero-order valence-corrected chi connectivity index (χ0v) is 21.2. The molecule has 8 nitrogen and oxygen atoms in total. The minimum Gasteiger partial charge on any atom is -0.463 e. The van der Waals surface area contributed by atoms with E-state index in [1.54, 1.807) is 13.0 Å². The molecular weight excluding hydrogens is 578 g/mol. The third-order valence-electron chi connectivity index (χ3n) is 6.30. The molecule has 4 rings (SSSR count). The van der Waals surface area contributed by atoms with Crippen LogP contribution in [-0.4, -0.2) is 47.7 Å². The van der Waals surface area contributed by atoms with Gasteiger partial charge in [0.1, 0.15) is 12.3 Å². The fraction of sp³-hybridized carbons (Fsp3) is 0.478. The predicted molar refractivity (Wildman–Crippen MR) is 130 cm³/mol. The van der Waals surface area contributed by atoms with Crippen LogP contribution in [0.1, 0.15) is 58.6 Å². The topological polar surface area (TPSA) is 96.5 Å². The number of hydrazine groups is 1. The van der Waals surface area contributed by atoms with Crippen molar-refractivity contribution in [3.63, 3.8) is 0 Å². The summed E-state index contributed by atoms with van der Waals surface area (Å²) in [6, 6.07) is 6.51. The summed E-state index contributed by atoms with van der Waals surface area (Å²) in [5, 5.41) is 0. The van der Waals surface area contributed by atoms with Crippen molar-refractivity contribution in [3.8, 4) is 6.01 Å². The van der Waals surface area contributed by atoms with Crippen LogP contribution in [0.2, 0.25) is 0 Å². The highest BCUT2D eigenvalue weighted by Crippen LogP contribution is 2.54. The van der Waals surface area contributed by atoms with Crippen molar-refractivity contribution in [1.29, 1.82) is 0 Å². The Hall–Kier alpha value is -2.64. The van der Waals surface area contributed by atoms with Crippen LogP contribution in [0, 0.1) is 15.9 Å². The zero-order valence-electron chi connectivity index (χ0n) is 19.0. The maximum Gasteiger partial charge on any atom is 0.392 e. The molecule has 1 aliphatic carbocycles. The Kier molecular flexibility index (Phi) is 7.38. The van der Waals surface area contributed by atoms with Crippen LogP contribution in [-0.2, 0) is 0 Å². The molecule has 1 aromatic heterocycles. The summed E-state index contributed by atoms with van der Waals surface area (Å²) in [5.74, 6) is -1.23. The van der Waals surface area contributed by atoms with Crippen LogP contribution in [0.5, 0.6) is 6.01 Å². The number of ether oxygens (including phenoxy) is 1. The van der Waals surface area contributed by atoms with Gasteiger partial charge in [0.15, 0.2) is 0 Å². The average Bonchev–Trinajstić information content (AvgIpc) is 3.55. The second-order valence-electron chi connectivity index (χ2n) is 8.95. The summed E-state index contributed by atoms with van der Waals surface area (Å²) in [6.07, 6.45) is -0.768. The summed E-state index contributed by atoms with van der Waals surface area (Å²) >= 11 is 2.20. The molecule has 2 aromatic rings. The van der Waals surface area contributed by atoms with Gasteiger partial charge in [-0.3, -0.25) is 20.4 Å². The molecule has 35 heavy (non-hydrogen) atoms. The minimum atomic E-state index is -4.38. The molecule has 2 amide bonds. The molecular formula is C23H25F3IN5O3. The summed E-state index contributed by atoms with van der Waals surface area (Å²) in [6.45, 7) is 2.64. The molecule has 0 radical (unpaired) electrons. The van der Waals surface area contributed by atoms with Crippen molar-refractivity contribution >= 4 is 40.1 Å². The van der Waals surface area contributed by atoms with E-state index in [1.165, 1.54) is 18.9 Å². The van der Waals surface area contributed by atoms with Crippen LogP contribution in [0.3, 0.4) is 0 Å². The van der Waals surface area contributed by atoms with Gasteiger partial charge in [-0.2, -0.15) is 18.2 Å². The van der Waals surface area contributed by atoms with Gasteiger partial charge in [0.2, 0.25) is 0 Å². The van der Waals surface area contributed by atoms with E-state index in [9.17, 15) is 22.8 Å². The molecule has 12 heteroatoms. The third-order valence-corrected chi connectivity index (χ3v) is 6.97. The standard InChI is InChI=1S/C23H25F3IN5O3/c1-14-12-17(29-21(28-14)35-11-8-23(24,25)26)20(34)31-30-19(33)16-3-2-15(27)13-18(16)32-9-6-22(4-5-22)7-10-32/h2-3,12-13H,4-11H2,1H3,(H,30,33)(H,31,34). The predicted octanol–water partition coefficient (Wildman–Crippen LogP) is 4.18. The molecule has 2 N–H and O–H groups in total. The van der Waals surface area contributed by atoms with Gasteiger partial charge in [-0.25, -0.2) is 4.98 Å². The number of carbonyl (C=O) groups excluding carboxylic acids is 2. The number of nitrogens with one attached hydrogen (secondary N) is 2. The molecule has 2 heterocycles. The Labute approximate surface area is 214 Å². The molecule has 2 fully saturated rings. The minimum absolute atomic E-state index is 0.145. The molecule has 0 bridgehead atoms. The molecule has 0 atom stereocenters.